The summed E-state index contributed by atoms with van der Waals surface area (Å²) in [6, 6.07) is 14.2. The van der Waals surface area contributed by atoms with Crippen LogP contribution in [-0.4, -0.2) is 28.4 Å². The third kappa shape index (κ3) is 15.0. The first-order valence-electron chi connectivity index (χ1n) is 17.7. The van der Waals surface area contributed by atoms with Crippen LogP contribution in [0.3, 0.4) is 0 Å². The molecule has 0 unspecified atom stereocenters. The summed E-state index contributed by atoms with van der Waals surface area (Å²) in [6.07, 6.45) is 28.2. The molecule has 0 aliphatic rings. The van der Waals surface area contributed by atoms with Crippen LogP contribution in [-0.2, 0) is 0 Å². The molecule has 0 amide bonds. The van der Waals surface area contributed by atoms with Gasteiger partial charge in [0.05, 0.1) is 30.3 Å². The molecule has 43 heavy (non-hydrogen) atoms. The summed E-state index contributed by atoms with van der Waals surface area (Å²) >= 11 is 0. The molecular weight excluding hydrogens is 530 g/mol. The van der Waals surface area contributed by atoms with Gasteiger partial charge in [-0.1, -0.05) is 135 Å². The average Bonchev–Trinajstić information content (AvgIpc) is 3.54. The lowest BCUT2D eigenvalue weighted by Gasteiger charge is -2.12. The molecule has 3 rings (SSSR count). The molecule has 238 valence electrons. The molecule has 1 aromatic carbocycles. The van der Waals surface area contributed by atoms with E-state index in [1.807, 2.05) is 24.3 Å². The van der Waals surface area contributed by atoms with E-state index in [-0.39, 0.29) is 0 Å². The van der Waals surface area contributed by atoms with Gasteiger partial charge < -0.3 is 9.47 Å². The summed E-state index contributed by atoms with van der Waals surface area (Å²) in [4.78, 5) is 4.46. The van der Waals surface area contributed by atoms with Gasteiger partial charge in [-0.05, 0) is 43.2 Å². The Hall–Kier alpha value is -2.82. The number of aromatic amines is 1. The number of nitrogens with zero attached hydrogens (tertiary/aromatic N) is 2. The lowest BCUT2D eigenvalue weighted by Crippen LogP contribution is -2.01. The van der Waals surface area contributed by atoms with Crippen molar-refractivity contribution in [2.75, 3.05) is 13.2 Å². The summed E-state index contributed by atoms with van der Waals surface area (Å²) in [6.45, 7) is 6.03. The second kappa shape index (κ2) is 22.7. The summed E-state index contributed by atoms with van der Waals surface area (Å²) in [5.41, 5.74) is 3.65. The van der Waals surface area contributed by atoms with E-state index in [2.05, 4.69) is 47.2 Å². The van der Waals surface area contributed by atoms with Gasteiger partial charge >= 0.3 is 0 Å². The zero-order valence-electron chi connectivity index (χ0n) is 27.4. The Balaban J connectivity index is 1.46. The zero-order chi connectivity index (χ0) is 30.2. The lowest BCUT2D eigenvalue weighted by atomic mass is 10.1. The summed E-state index contributed by atoms with van der Waals surface area (Å²) in [7, 11) is 0. The van der Waals surface area contributed by atoms with Gasteiger partial charge in [-0.25, -0.2) is 0 Å². The molecule has 0 fully saturated rings. The van der Waals surface area contributed by atoms with Crippen molar-refractivity contribution in [2.24, 2.45) is 0 Å². The summed E-state index contributed by atoms with van der Waals surface area (Å²) in [5.74, 6) is 1.71. The molecule has 3 aromatic rings. The van der Waals surface area contributed by atoms with Crippen LogP contribution in [0.25, 0.3) is 22.6 Å². The van der Waals surface area contributed by atoms with Crippen molar-refractivity contribution in [3.63, 3.8) is 0 Å². The molecule has 0 bridgehead atoms. The van der Waals surface area contributed by atoms with Crippen LogP contribution >= 0.6 is 0 Å². The molecule has 5 heteroatoms. The molecule has 0 aliphatic heterocycles. The Labute approximate surface area is 262 Å². The maximum atomic E-state index is 6.25. The van der Waals surface area contributed by atoms with Gasteiger partial charge in [-0.15, -0.1) is 0 Å². The predicted molar refractivity (Wildman–Crippen MR) is 182 cm³/mol. The SMILES string of the molecule is CCCCCCCCCCCCOc1cc(OCCCCCCCCCCCC)cc(-c2cc(-c3ccccn3)[nH]n2)c1. The van der Waals surface area contributed by atoms with Crippen LogP contribution in [0.2, 0.25) is 0 Å². The molecule has 0 aliphatic carbocycles. The number of nitrogens with one attached hydrogen (secondary N) is 1. The molecule has 2 aromatic heterocycles. The van der Waals surface area contributed by atoms with Crippen LogP contribution in [0, 0.1) is 0 Å². The van der Waals surface area contributed by atoms with Crippen LogP contribution in [0.1, 0.15) is 142 Å². The quantitative estimate of drug-likeness (QED) is 0.0946. The van der Waals surface area contributed by atoms with E-state index in [0.29, 0.717) is 0 Å². The third-order valence-electron chi connectivity index (χ3n) is 8.23. The van der Waals surface area contributed by atoms with E-state index >= 15 is 0 Å². The average molecular weight is 590 g/mol. The van der Waals surface area contributed by atoms with E-state index in [4.69, 9.17) is 9.47 Å². The lowest BCUT2D eigenvalue weighted by molar-refractivity contribution is 0.290. The fourth-order valence-electron chi connectivity index (χ4n) is 5.57. The van der Waals surface area contributed by atoms with E-state index in [1.165, 1.54) is 116 Å². The van der Waals surface area contributed by atoms with Gasteiger partial charge in [0.1, 0.15) is 11.5 Å². The zero-order valence-corrected chi connectivity index (χ0v) is 27.4. The van der Waals surface area contributed by atoms with Gasteiger partial charge in [0, 0.05) is 17.8 Å². The minimum atomic E-state index is 0.734. The fourth-order valence-corrected chi connectivity index (χ4v) is 5.57. The number of hydrogen-bond acceptors (Lipinski definition) is 4. The smallest absolute Gasteiger partial charge is 0.123 e. The second-order valence-electron chi connectivity index (χ2n) is 12.1. The highest BCUT2D eigenvalue weighted by molar-refractivity contribution is 5.68. The molecule has 0 spiro atoms. The van der Waals surface area contributed by atoms with E-state index in [1.54, 1.807) is 6.20 Å². The highest BCUT2D eigenvalue weighted by Crippen LogP contribution is 2.31. The van der Waals surface area contributed by atoms with Gasteiger partial charge in [0.25, 0.3) is 0 Å². The van der Waals surface area contributed by atoms with Crippen LogP contribution in [0.4, 0.5) is 0 Å². The highest BCUT2D eigenvalue weighted by atomic mass is 16.5. The van der Waals surface area contributed by atoms with Crippen LogP contribution in [0.15, 0.2) is 48.7 Å². The predicted octanol–water partition coefficient (Wildman–Crippen LogP) is 11.7. The maximum absolute atomic E-state index is 6.25. The summed E-state index contributed by atoms with van der Waals surface area (Å²) in [5, 5.41) is 7.74. The molecule has 0 saturated heterocycles. The maximum Gasteiger partial charge on any atom is 0.123 e. The van der Waals surface area contributed by atoms with Crippen molar-refractivity contribution < 1.29 is 9.47 Å². The molecule has 1 N–H and O–H groups in total. The van der Waals surface area contributed by atoms with Crippen molar-refractivity contribution >= 4 is 0 Å². The summed E-state index contributed by atoms with van der Waals surface area (Å²) < 4.78 is 12.5. The van der Waals surface area contributed by atoms with E-state index < -0.39 is 0 Å². The number of pyridine rings is 1. The number of benzene rings is 1. The molecule has 2 heterocycles. The van der Waals surface area contributed by atoms with Crippen molar-refractivity contribution in [2.45, 2.75) is 142 Å². The van der Waals surface area contributed by atoms with Crippen molar-refractivity contribution in [1.29, 1.82) is 0 Å². The van der Waals surface area contributed by atoms with Crippen LogP contribution in [0.5, 0.6) is 11.5 Å². The Morgan fingerprint density at radius 3 is 1.49 bits per heavy atom. The Morgan fingerprint density at radius 2 is 1.02 bits per heavy atom. The first-order valence-corrected chi connectivity index (χ1v) is 17.7. The van der Waals surface area contributed by atoms with E-state index in [0.717, 1.165) is 60.2 Å². The largest absolute Gasteiger partial charge is 0.493 e. The Kier molecular flexibility index (Phi) is 18.3. The van der Waals surface area contributed by atoms with Gasteiger partial charge in [-0.3, -0.25) is 10.1 Å². The van der Waals surface area contributed by atoms with Crippen LogP contribution < -0.4 is 9.47 Å². The second-order valence-corrected chi connectivity index (χ2v) is 12.1. The third-order valence-corrected chi connectivity index (χ3v) is 8.23. The standard InChI is InChI=1S/C38H59N3O2/c1-3-5-7-9-11-13-15-17-19-23-27-42-34-29-33(37-32-38(41-40-37)36-25-21-22-26-39-36)30-35(31-34)43-28-24-20-18-16-14-12-10-8-6-4-2/h21-22,25-26,29-32H,3-20,23-24,27-28H2,1-2H3,(H,40,41). The molecule has 0 saturated carbocycles. The number of rotatable bonds is 26. The fraction of sp³-hybridized carbons (Fsp3) is 0.632. The molecule has 5 nitrogen and oxygen atoms in total. The monoisotopic (exact) mass is 589 g/mol. The topological polar surface area (TPSA) is 60.0 Å². The van der Waals surface area contributed by atoms with Crippen molar-refractivity contribution in [3.05, 3.63) is 48.7 Å². The highest BCUT2D eigenvalue weighted by Gasteiger charge is 2.11. The van der Waals surface area contributed by atoms with Crippen molar-refractivity contribution in [3.8, 4) is 34.1 Å². The van der Waals surface area contributed by atoms with Crippen molar-refractivity contribution in [1.82, 2.24) is 15.2 Å². The first-order chi connectivity index (χ1) is 21.3. The number of H-pyrrole nitrogens is 1. The van der Waals surface area contributed by atoms with Gasteiger partial charge in [0.15, 0.2) is 0 Å². The minimum absolute atomic E-state index is 0.734. The van der Waals surface area contributed by atoms with Gasteiger partial charge in [-0.2, -0.15) is 5.10 Å². The molecule has 0 atom stereocenters. The molecule has 0 radical (unpaired) electrons. The number of hydrogen-bond donors (Lipinski definition) is 1. The van der Waals surface area contributed by atoms with E-state index in [9.17, 15) is 0 Å². The normalized spacial score (nSPS) is 11.2. The molecular formula is C38H59N3O2. The first kappa shape index (κ1) is 34.7. The Morgan fingerprint density at radius 1 is 0.535 bits per heavy atom. The number of aromatic nitrogens is 3. The minimum Gasteiger partial charge on any atom is -0.493 e. The number of unbranched alkanes of at least 4 members (excludes halogenated alkanes) is 18. The number of ether oxygens (including phenoxy) is 2. The van der Waals surface area contributed by atoms with Gasteiger partial charge in [0.2, 0.25) is 0 Å². The Bertz CT molecular complexity index is 1040.